The topological polar surface area (TPSA) is 106 Å². The third-order valence-electron chi connectivity index (χ3n) is 7.82. The third kappa shape index (κ3) is 5.58. The lowest BCUT2D eigenvalue weighted by Gasteiger charge is -2.27. The zero-order chi connectivity index (χ0) is 30.3. The van der Waals surface area contributed by atoms with E-state index in [1.54, 1.807) is 39.3 Å². The first kappa shape index (κ1) is 29.4. The third-order valence-corrected chi connectivity index (χ3v) is 10.8. The number of hydrogen-bond acceptors (Lipinski definition) is 8. The summed E-state index contributed by atoms with van der Waals surface area (Å²) < 4.78 is 11.1. The quantitative estimate of drug-likeness (QED) is 0.149. The highest BCUT2D eigenvalue weighted by molar-refractivity contribution is 7.99. The molecule has 1 aliphatic heterocycles. The minimum Gasteiger partial charge on any atom is -0.361 e. The molecule has 0 aliphatic carbocycles. The Morgan fingerprint density at radius 3 is 2.70 bits per heavy atom. The number of anilines is 1. The van der Waals surface area contributed by atoms with Crippen molar-refractivity contribution in [3.8, 4) is 11.8 Å². The van der Waals surface area contributed by atoms with E-state index in [2.05, 4.69) is 41.8 Å². The molecule has 0 spiro atoms. The number of rotatable bonds is 9. The Bertz CT molecular complexity index is 1890. The van der Waals surface area contributed by atoms with Crippen LogP contribution < -0.4 is 10.5 Å². The molecule has 0 radical (unpaired) electrons. The molecule has 43 heavy (non-hydrogen) atoms. The van der Waals surface area contributed by atoms with Crippen molar-refractivity contribution in [1.29, 1.82) is 5.26 Å². The smallest absolute Gasteiger partial charge is 0.284 e. The van der Waals surface area contributed by atoms with Gasteiger partial charge in [0.15, 0.2) is 5.82 Å². The van der Waals surface area contributed by atoms with E-state index in [1.807, 2.05) is 34.9 Å². The fourth-order valence-corrected chi connectivity index (χ4v) is 7.25. The number of aromatic nitrogens is 6. The van der Waals surface area contributed by atoms with Gasteiger partial charge in [-0.15, -0.1) is 0 Å². The zero-order valence-electron chi connectivity index (χ0n) is 24.6. The normalized spacial score (nSPS) is 17.3. The van der Waals surface area contributed by atoms with Gasteiger partial charge in [0.2, 0.25) is 0 Å². The van der Waals surface area contributed by atoms with Gasteiger partial charge in [0.25, 0.3) is 5.56 Å². The molecule has 0 bridgehead atoms. The molecule has 1 aliphatic rings. The predicted octanol–water partition coefficient (Wildman–Crippen LogP) is 5.75. The van der Waals surface area contributed by atoms with Crippen LogP contribution in [0.2, 0.25) is 30.7 Å². The molecule has 1 aromatic carbocycles. The molecule has 5 heterocycles. The second-order valence-electron chi connectivity index (χ2n) is 11.9. The molecule has 1 fully saturated rings. The highest BCUT2D eigenvalue weighted by Gasteiger charge is 2.39. The monoisotopic (exact) mass is 632 g/mol. The second-order valence-corrected chi connectivity index (χ2v) is 19.1. The molecule has 13 heteroatoms. The lowest BCUT2D eigenvalue weighted by Crippen LogP contribution is -2.33. The van der Waals surface area contributed by atoms with Crippen molar-refractivity contribution >= 4 is 53.8 Å². The number of ether oxygens (including phenoxy) is 1. The summed E-state index contributed by atoms with van der Waals surface area (Å²) in [6.07, 6.45) is 7.85. The molecule has 0 saturated carbocycles. The summed E-state index contributed by atoms with van der Waals surface area (Å²) in [7, 11) is -1.24. The molecule has 10 nitrogen and oxygen atoms in total. The van der Waals surface area contributed by atoms with Gasteiger partial charge in [-0.25, -0.2) is 14.5 Å². The molecule has 6 rings (SSSR count). The first-order chi connectivity index (χ1) is 20.7. The minimum atomic E-state index is -1.24. The first-order valence-electron chi connectivity index (χ1n) is 14.2. The SMILES string of the molecule is CS[C@H]1C[C@@H](c2nn3ccc(Cl)c3c(=O)n2-c2ccccc2)N(c2ncnc3c2c(C#N)cn3COCC[Si](C)(C)C)C1. The summed E-state index contributed by atoms with van der Waals surface area (Å²) in [5.41, 5.74) is 1.90. The van der Waals surface area contributed by atoms with Gasteiger partial charge in [-0.1, -0.05) is 49.4 Å². The van der Waals surface area contributed by atoms with Gasteiger partial charge >= 0.3 is 0 Å². The van der Waals surface area contributed by atoms with Crippen molar-refractivity contribution in [2.75, 3.05) is 24.3 Å². The van der Waals surface area contributed by atoms with Crippen LogP contribution in [0.25, 0.3) is 22.2 Å². The second kappa shape index (κ2) is 11.8. The number of halogens is 1. The van der Waals surface area contributed by atoms with Crippen LogP contribution in [0.15, 0.2) is 59.9 Å². The number of benzene rings is 1. The van der Waals surface area contributed by atoms with Gasteiger partial charge in [-0.05, 0) is 36.9 Å². The van der Waals surface area contributed by atoms with E-state index in [-0.39, 0.29) is 16.9 Å². The fraction of sp³-hybridized carbons (Fsp3) is 0.367. The summed E-state index contributed by atoms with van der Waals surface area (Å²) in [6.45, 7) is 8.58. The summed E-state index contributed by atoms with van der Waals surface area (Å²) in [5.74, 6) is 1.22. The van der Waals surface area contributed by atoms with Crippen LogP contribution in [-0.2, 0) is 11.5 Å². The van der Waals surface area contributed by atoms with E-state index in [0.717, 1.165) is 12.5 Å². The van der Waals surface area contributed by atoms with E-state index < -0.39 is 8.07 Å². The van der Waals surface area contributed by atoms with E-state index in [4.69, 9.17) is 26.4 Å². The number of nitriles is 1. The van der Waals surface area contributed by atoms with Crippen LogP contribution in [0.1, 0.15) is 23.9 Å². The number of para-hydroxylation sites is 1. The highest BCUT2D eigenvalue weighted by Crippen LogP contribution is 2.42. The van der Waals surface area contributed by atoms with E-state index in [9.17, 15) is 10.1 Å². The molecule has 1 saturated heterocycles. The number of thioether (sulfide) groups is 1. The first-order valence-corrected chi connectivity index (χ1v) is 19.5. The lowest BCUT2D eigenvalue weighted by molar-refractivity contribution is 0.0898. The van der Waals surface area contributed by atoms with E-state index in [0.29, 0.717) is 64.3 Å². The Morgan fingerprint density at radius 1 is 1.19 bits per heavy atom. The van der Waals surface area contributed by atoms with E-state index in [1.165, 1.54) is 6.33 Å². The molecular weight excluding hydrogens is 600 g/mol. The molecule has 2 atom stereocenters. The summed E-state index contributed by atoms with van der Waals surface area (Å²) >= 11 is 8.21. The minimum absolute atomic E-state index is 0.245. The van der Waals surface area contributed by atoms with Gasteiger partial charge in [-0.2, -0.15) is 22.1 Å². The Labute approximate surface area is 259 Å². The van der Waals surface area contributed by atoms with Crippen molar-refractivity contribution in [2.24, 2.45) is 0 Å². The van der Waals surface area contributed by atoms with Gasteiger partial charge in [0, 0.05) is 38.9 Å². The van der Waals surface area contributed by atoms with Crippen LogP contribution in [0.5, 0.6) is 0 Å². The van der Waals surface area contributed by atoms with Crippen LogP contribution in [0.3, 0.4) is 0 Å². The van der Waals surface area contributed by atoms with E-state index >= 15 is 0 Å². The van der Waals surface area contributed by atoms with Gasteiger partial charge < -0.3 is 14.2 Å². The van der Waals surface area contributed by atoms with Crippen LogP contribution in [0, 0.1) is 11.3 Å². The largest absolute Gasteiger partial charge is 0.361 e. The van der Waals surface area contributed by atoms with Crippen molar-refractivity contribution in [1.82, 2.24) is 28.7 Å². The molecular formula is C30H33ClN8O2SSi. The Hall–Kier alpha value is -3.63. The van der Waals surface area contributed by atoms with Crippen molar-refractivity contribution in [3.05, 3.63) is 81.9 Å². The molecule has 0 unspecified atom stereocenters. The predicted molar refractivity (Wildman–Crippen MR) is 174 cm³/mol. The average Bonchev–Trinajstić information content (AvgIpc) is 3.70. The number of hydrogen-bond donors (Lipinski definition) is 0. The van der Waals surface area contributed by atoms with Gasteiger partial charge in [-0.3, -0.25) is 9.36 Å². The molecule has 4 aromatic heterocycles. The van der Waals surface area contributed by atoms with Crippen LogP contribution in [-0.4, -0.2) is 61.4 Å². The summed E-state index contributed by atoms with van der Waals surface area (Å²) in [4.78, 5) is 25.5. The van der Waals surface area contributed by atoms with Crippen molar-refractivity contribution < 1.29 is 4.74 Å². The maximum Gasteiger partial charge on any atom is 0.284 e. The van der Waals surface area contributed by atoms with Gasteiger partial charge in [0.05, 0.1) is 27.7 Å². The van der Waals surface area contributed by atoms with Crippen LogP contribution >= 0.6 is 23.4 Å². The van der Waals surface area contributed by atoms with Gasteiger partial charge in [0.1, 0.15) is 36.1 Å². The molecule has 5 aromatic rings. The summed E-state index contributed by atoms with van der Waals surface area (Å²) in [6, 6.07) is 14.3. The molecule has 0 N–H and O–H groups in total. The standard InChI is InChI=1S/C30H33ClN8O2SSi/c1-42-22-14-24(27-35-38-11-10-23(31)26(38)30(40)39(27)21-8-6-5-7-9-21)37(17-22)29-25-20(15-32)16-36(28(25)33-18-34-29)19-41-12-13-43(2,3)4/h5-11,16,18,22,24H,12-14,17,19H2,1-4H3/t22-,24-/m0/s1. The number of nitrogens with zero attached hydrogens (tertiary/aromatic N) is 8. The fourth-order valence-electron chi connectivity index (χ4n) is 5.59. The zero-order valence-corrected chi connectivity index (χ0v) is 27.1. The average molecular weight is 633 g/mol. The summed E-state index contributed by atoms with van der Waals surface area (Å²) in [5, 5.41) is 16.4. The Morgan fingerprint density at radius 2 is 1.98 bits per heavy atom. The molecule has 222 valence electrons. The molecule has 0 amide bonds. The van der Waals surface area contributed by atoms with Crippen molar-refractivity contribution in [2.45, 2.75) is 50.1 Å². The Balaban J connectivity index is 1.48. The maximum atomic E-state index is 14.0. The Kier molecular flexibility index (Phi) is 8.08. The van der Waals surface area contributed by atoms with Crippen LogP contribution in [0.4, 0.5) is 5.82 Å². The maximum absolute atomic E-state index is 14.0. The number of fused-ring (bicyclic) bond motifs is 2. The lowest BCUT2D eigenvalue weighted by atomic mass is 10.1. The highest BCUT2D eigenvalue weighted by atomic mass is 35.5. The van der Waals surface area contributed by atoms with Crippen molar-refractivity contribution in [3.63, 3.8) is 0 Å².